The molecule has 0 spiro atoms. The van der Waals surface area contributed by atoms with Gasteiger partial charge in [-0.15, -0.1) is 5.10 Å². The Labute approximate surface area is 207 Å². The summed E-state index contributed by atoms with van der Waals surface area (Å²) in [6, 6.07) is 19.1. The van der Waals surface area contributed by atoms with Crippen molar-refractivity contribution in [2.75, 3.05) is 13.2 Å². The molecule has 0 amide bonds. The van der Waals surface area contributed by atoms with Crippen molar-refractivity contribution < 1.29 is 13.9 Å². The standard InChI is InChI=1S/C26H17N5O4S/c32-25-22(36-26-27-24(29-31(25)26)20-7-4-10-33-20)14-17-15-30(18-5-2-1-3-6-18)28-23(17)16-8-9-19-21(13-16)35-12-11-34-19/h1-10,13-15H,11-12H2. The number of para-hydroxylation sites is 1. The van der Waals surface area contributed by atoms with Gasteiger partial charge in [-0.2, -0.15) is 14.6 Å². The van der Waals surface area contributed by atoms with Crippen LogP contribution in [0.3, 0.4) is 0 Å². The fourth-order valence-electron chi connectivity index (χ4n) is 4.11. The molecule has 1 aliphatic heterocycles. The summed E-state index contributed by atoms with van der Waals surface area (Å²) in [4.78, 5) is 18.1. The lowest BCUT2D eigenvalue weighted by atomic mass is 10.1. The fourth-order valence-corrected chi connectivity index (χ4v) is 5.00. The maximum Gasteiger partial charge on any atom is 0.291 e. The molecule has 176 valence electrons. The van der Waals surface area contributed by atoms with E-state index >= 15 is 0 Å². The van der Waals surface area contributed by atoms with Crippen molar-refractivity contribution in [3.63, 3.8) is 0 Å². The number of hydrogen-bond acceptors (Lipinski definition) is 8. The van der Waals surface area contributed by atoms with Crippen LogP contribution in [0.5, 0.6) is 11.5 Å². The van der Waals surface area contributed by atoms with E-state index in [2.05, 4.69) is 10.1 Å². The Hall–Kier alpha value is -4.70. The van der Waals surface area contributed by atoms with Gasteiger partial charge in [0.25, 0.3) is 5.56 Å². The molecule has 0 unspecified atom stereocenters. The Morgan fingerprint density at radius 1 is 0.944 bits per heavy atom. The number of benzene rings is 2. The van der Waals surface area contributed by atoms with Gasteiger partial charge in [0.1, 0.15) is 18.9 Å². The minimum Gasteiger partial charge on any atom is -0.486 e. The minimum absolute atomic E-state index is 0.249. The van der Waals surface area contributed by atoms with E-state index in [0.717, 1.165) is 16.8 Å². The first kappa shape index (κ1) is 20.7. The zero-order valence-corrected chi connectivity index (χ0v) is 19.5. The van der Waals surface area contributed by atoms with Gasteiger partial charge in [0.05, 0.1) is 16.5 Å². The number of furan rings is 1. The molecular formula is C26H17N5O4S. The van der Waals surface area contributed by atoms with E-state index in [9.17, 15) is 4.79 Å². The Balaban J connectivity index is 1.38. The third-order valence-corrected chi connectivity index (χ3v) is 6.75. The van der Waals surface area contributed by atoms with Crippen molar-refractivity contribution in [1.82, 2.24) is 24.4 Å². The van der Waals surface area contributed by atoms with E-state index in [0.29, 0.717) is 51.5 Å². The molecule has 0 saturated heterocycles. The van der Waals surface area contributed by atoms with Gasteiger partial charge in [0.15, 0.2) is 17.3 Å². The van der Waals surface area contributed by atoms with Crippen molar-refractivity contribution in [1.29, 1.82) is 0 Å². The molecule has 10 heteroatoms. The van der Waals surface area contributed by atoms with Gasteiger partial charge in [-0.05, 0) is 48.5 Å². The van der Waals surface area contributed by atoms with Crippen LogP contribution in [0, 0.1) is 0 Å². The van der Waals surface area contributed by atoms with Crippen molar-refractivity contribution in [2.45, 2.75) is 0 Å². The summed E-state index contributed by atoms with van der Waals surface area (Å²) < 4.78 is 20.4. The molecule has 0 radical (unpaired) electrons. The highest BCUT2D eigenvalue weighted by atomic mass is 32.1. The zero-order valence-electron chi connectivity index (χ0n) is 18.7. The number of thiazole rings is 1. The molecule has 0 fully saturated rings. The summed E-state index contributed by atoms with van der Waals surface area (Å²) in [7, 11) is 0. The van der Waals surface area contributed by atoms with Crippen molar-refractivity contribution in [3.8, 4) is 40.0 Å². The number of nitrogens with zero attached hydrogens (tertiary/aromatic N) is 5. The Bertz CT molecular complexity index is 1820. The van der Waals surface area contributed by atoms with Crippen LogP contribution in [-0.4, -0.2) is 37.6 Å². The molecule has 0 saturated carbocycles. The molecule has 1 aliphatic rings. The van der Waals surface area contributed by atoms with E-state index < -0.39 is 0 Å². The Kier molecular flexibility index (Phi) is 4.71. The fraction of sp³-hybridized carbons (Fsp3) is 0.0769. The van der Waals surface area contributed by atoms with Crippen LogP contribution in [0.4, 0.5) is 0 Å². The van der Waals surface area contributed by atoms with Gasteiger partial charge in [-0.1, -0.05) is 29.5 Å². The van der Waals surface area contributed by atoms with E-state index in [4.69, 9.17) is 19.0 Å². The first-order valence-electron chi connectivity index (χ1n) is 11.2. The molecular weight excluding hydrogens is 478 g/mol. The predicted molar refractivity (Wildman–Crippen MR) is 134 cm³/mol. The number of fused-ring (bicyclic) bond motifs is 2. The molecule has 2 aromatic carbocycles. The van der Waals surface area contributed by atoms with Gasteiger partial charge in [0, 0.05) is 17.3 Å². The van der Waals surface area contributed by atoms with E-state index in [1.54, 1.807) is 23.1 Å². The Morgan fingerprint density at radius 2 is 1.81 bits per heavy atom. The number of aromatic nitrogens is 5. The van der Waals surface area contributed by atoms with Crippen LogP contribution in [0.15, 0.2) is 82.3 Å². The largest absolute Gasteiger partial charge is 0.486 e. The zero-order chi connectivity index (χ0) is 24.1. The van der Waals surface area contributed by atoms with Gasteiger partial charge >= 0.3 is 0 Å². The third-order valence-electron chi connectivity index (χ3n) is 5.79. The van der Waals surface area contributed by atoms with E-state index in [-0.39, 0.29) is 5.56 Å². The van der Waals surface area contributed by atoms with Crippen LogP contribution >= 0.6 is 11.3 Å². The van der Waals surface area contributed by atoms with Crippen LogP contribution < -0.4 is 19.6 Å². The van der Waals surface area contributed by atoms with E-state index in [1.165, 1.54) is 15.9 Å². The second-order valence-electron chi connectivity index (χ2n) is 8.09. The highest BCUT2D eigenvalue weighted by molar-refractivity contribution is 7.15. The van der Waals surface area contributed by atoms with Gasteiger partial charge < -0.3 is 13.9 Å². The molecule has 0 atom stereocenters. The molecule has 4 aromatic heterocycles. The van der Waals surface area contributed by atoms with Crippen LogP contribution in [0.1, 0.15) is 5.56 Å². The first-order valence-corrected chi connectivity index (χ1v) is 12.0. The lowest BCUT2D eigenvalue weighted by molar-refractivity contribution is 0.171. The summed E-state index contributed by atoms with van der Waals surface area (Å²) in [6.45, 7) is 1.02. The summed E-state index contributed by atoms with van der Waals surface area (Å²) in [6.07, 6.45) is 5.28. The first-order chi connectivity index (χ1) is 17.7. The molecule has 36 heavy (non-hydrogen) atoms. The molecule has 0 aliphatic carbocycles. The highest BCUT2D eigenvalue weighted by Crippen LogP contribution is 2.35. The van der Waals surface area contributed by atoms with Gasteiger partial charge in [-0.25, -0.2) is 4.68 Å². The Morgan fingerprint density at radius 3 is 2.61 bits per heavy atom. The third kappa shape index (κ3) is 3.46. The number of rotatable bonds is 4. The second kappa shape index (κ2) is 8.21. The van der Waals surface area contributed by atoms with Crippen molar-refractivity contribution in [3.05, 3.63) is 93.6 Å². The topological polar surface area (TPSA) is 96.7 Å². The predicted octanol–water partition coefficient (Wildman–Crippen LogP) is 3.58. The average molecular weight is 496 g/mol. The monoisotopic (exact) mass is 495 g/mol. The van der Waals surface area contributed by atoms with Gasteiger partial charge in [-0.3, -0.25) is 4.79 Å². The molecule has 0 bridgehead atoms. The normalized spacial score (nSPS) is 13.5. The second-order valence-corrected chi connectivity index (χ2v) is 9.10. The summed E-state index contributed by atoms with van der Waals surface area (Å²) in [5.41, 5.74) is 3.01. The van der Waals surface area contributed by atoms with Gasteiger partial charge in [0.2, 0.25) is 10.8 Å². The van der Waals surface area contributed by atoms with Crippen LogP contribution in [-0.2, 0) is 0 Å². The summed E-state index contributed by atoms with van der Waals surface area (Å²) in [5, 5.41) is 9.19. The molecule has 7 rings (SSSR count). The number of ether oxygens (including phenoxy) is 2. The maximum atomic E-state index is 13.2. The lowest BCUT2D eigenvalue weighted by Crippen LogP contribution is -2.23. The SMILES string of the molecule is O=c1c(=Cc2cn(-c3ccccc3)nc2-c2ccc3c(c2)OCCO3)sc2nc(-c3ccco3)nn12. The van der Waals surface area contributed by atoms with Crippen LogP contribution in [0.2, 0.25) is 0 Å². The lowest BCUT2D eigenvalue weighted by Gasteiger charge is -2.18. The van der Waals surface area contributed by atoms with Crippen molar-refractivity contribution >= 4 is 22.4 Å². The smallest absolute Gasteiger partial charge is 0.291 e. The minimum atomic E-state index is -0.249. The average Bonchev–Trinajstić information content (AvgIpc) is 3.71. The summed E-state index contributed by atoms with van der Waals surface area (Å²) in [5.74, 6) is 2.27. The molecule has 0 N–H and O–H groups in total. The number of hydrogen-bond donors (Lipinski definition) is 0. The molecule has 6 aromatic rings. The van der Waals surface area contributed by atoms with Crippen LogP contribution in [0.25, 0.3) is 39.6 Å². The summed E-state index contributed by atoms with van der Waals surface area (Å²) >= 11 is 1.27. The van der Waals surface area contributed by atoms with E-state index in [1.807, 2.05) is 60.8 Å². The highest BCUT2D eigenvalue weighted by Gasteiger charge is 2.18. The quantitative estimate of drug-likeness (QED) is 0.369. The maximum absolute atomic E-state index is 13.2. The molecule has 9 nitrogen and oxygen atoms in total. The van der Waals surface area contributed by atoms with Crippen molar-refractivity contribution in [2.24, 2.45) is 0 Å². The molecule has 5 heterocycles.